The number of carbonyl (C=O) groups is 1. The molecular weight excluding hydrogens is 301 g/mol. The molecule has 1 atom stereocenters. The Kier molecular flexibility index (Phi) is 4.18. The van der Waals surface area contributed by atoms with Crippen molar-refractivity contribution < 1.29 is 18.7 Å². The fourth-order valence-electron chi connectivity index (χ4n) is 2.63. The third-order valence-corrected chi connectivity index (χ3v) is 3.56. The first kappa shape index (κ1) is 15.3. The van der Waals surface area contributed by atoms with Gasteiger partial charge >= 0.3 is 12.0 Å². The Morgan fingerprint density at radius 1 is 1.13 bits per heavy atom. The number of Topliss-reactive ketones (excluding diaryl/α,β-unsaturated/α-hetero) is 1. The van der Waals surface area contributed by atoms with E-state index in [1.165, 1.54) is 6.07 Å². The number of ether oxygens (including phenoxy) is 2. The van der Waals surface area contributed by atoms with Gasteiger partial charge in [-0.3, -0.25) is 4.79 Å². The molecule has 1 aliphatic carbocycles. The Hall–Kier alpha value is -2.57. The first-order valence-electron chi connectivity index (χ1n) is 7.45. The van der Waals surface area contributed by atoms with Gasteiger partial charge in [-0.2, -0.15) is 9.97 Å². The second kappa shape index (κ2) is 6.28. The third-order valence-electron chi connectivity index (χ3n) is 3.56. The molecule has 3 rings (SSSR count). The van der Waals surface area contributed by atoms with E-state index < -0.39 is 5.92 Å². The van der Waals surface area contributed by atoms with Gasteiger partial charge in [-0.05, 0) is 31.0 Å². The molecule has 1 aromatic carbocycles. The second-order valence-electron chi connectivity index (χ2n) is 5.01. The van der Waals surface area contributed by atoms with Crippen molar-refractivity contribution in [1.82, 2.24) is 15.0 Å². The maximum atomic E-state index is 13.9. The lowest BCUT2D eigenvalue weighted by Gasteiger charge is -2.12. The molecule has 0 spiro atoms. The van der Waals surface area contributed by atoms with E-state index in [0.29, 0.717) is 24.3 Å². The first-order valence-corrected chi connectivity index (χ1v) is 7.45. The van der Waals surface area contributed by atoms with Gasteiger partial charge in [0.05, 0.1) is 13.2 Å². The lowest BCUT2D eigenvalue weighted by molar-refractivity contribution is -0.118. The van der Waals surface area contributed by atoms with Crippen molar-refractivity contribution in [3.05, 3.63) is 41.0 Å². The lowest BCUT2D eigenvalue weighted by atomic mass is 10.00. The van der Waals surface area contributed by atoms with E-state index in [1.807, 2.05) is 0 Å². The number of ketones is 1. The van der Waals surface area contributed by atoms with Crippen molar-refractivity contribution in [3.8, 4) is 12.0 Å². The van der Waals surface area contributed by atoms with Gasteiger partial charge in [0.2, 0.25) is 0 Å². The number of nitrogens with zero attached hydrogens (tertiary/aromatic N) is 3. The van der Waals surface area contributed by atoms with Crippen LogP contribution in [0.25, 0.3) is 0 Å². The van der Waals surface area contributed by atoms with Crippen molar-refractivity contribution in [1.29, 1.82) is 0 Å². The van der Waals surface area contributed by atoms with Crippen LogP contribution in [0.2, 0.25) is 0 Å². The van der Waals surface area contributed by atoms with E-state index in [1.54, 1.807) is 26.0 Å². The minimum atomic E-state index is -0.720. The summed E-state index contributed by atoms with van der Waals surface area (Å²) in [5.41, 5.74) is 0.991. The molecule has 0 N–H and O–H groups in total. The molecule has 0 bridgehead atoms. The lowest BCUT2D eigenvalue weighted by Crippen LogP contribution is -2.15. The molecule has 0 radical (unpaired) electrons. The molecule has 2 aromatic rings. The van der Waals surface area contributed by atoms with Gasteiger partial charge in [-0.15, -0.1) is 4.98 Å². The molecular formula is C16H16FN3O3. The van der Waals surface area contributed by atoms with Crippen LogP contribution in [0.4, 0.5) is 4.39 Å². The van der Waals surface area contributed by atoms with Crippen LogP contribution in [0.3, 0.4) is 0 Å². The molecule has 6 nitrogen and oxygen atoms in total. The second-order valence-corrected chi connectivity index (χ2v) is 5.01. The predicted octanol–water partition coefficient (Wildman–Crippen LogP) is 2.07. The summed E-state index contributed by atoms with van der Waals surface area (Å²) in [7, 11) is 0. The normalized spacial score (nSPS) is 16.3. The molecule has 0 fully saturated rings. The number of hydrogen-bond donors (Lipinski definition) is 0. The molecule has 0 amide bonds. The summed E-state index contributed by atoms with van der Waals surface area (Å²) in [5.74, 6) is -1.04. The molecule has 1 aliphatic rings. The monoisotopic (exact) mass is 317 g/mol. The average molecular weight is 317 g/mol. The Balaban J connectivity index is 2.08. The van der Waals surface area contributed by atoms with E-state index in [0.717, 1.165) is 0 Å². The zero-order valence-corrected chi connectivity index (χ0v) is 12.9. The van der Waals surface area contributed by atoms with Crippen LogP contribution in [-0.4, -0.2) is 33.9 Å². The van der Waals surface area contributed by atoms with Crippen LogP contribution in [-0.2, 0) is 11.2 Å². The van der Waals surface area contributed by atoms with Crippen LogP contribution in [0.5, 0.6) is 12.0 Å². The van der Waals surface area contributed by atoms with Crippen molar-refractivity contribution in [2.24, 2.45) is 0 Å². The van der Waals surface area contributed by atoms with Gasteiger partial charge in [-0.25, -0.2) is 4.39 Å². The number of carbonyl (C=O) groups excluding carboxylic acids is 1. The average Bonchev–Trinajstić information content (AvgIpc) is 2.85. The SMILES string of the molecule is CCOc1nc(OCC)nc(C2C(=O)Cc3c(F)cccc32)n1. The molecule has 0 saturated carbocycles. The number of fused-ring (bicyclic) bond motifs is 1. The Morgan fingerprint density at radius 2 is 1.78 bits per heavy atom. The number of halogens is 1. The van der Waals surface area contributed by atoms with E-state index in [2.05, 4.69) is 15.0 Å². The predicted molar refractivity (Wildman–Crippen MR) is 79.1 cm³/mol. The molecule has 1 unspecified atom stereocenters. The van der Waals surface area contributed by atoms with Gasteiger partial charge in [0, 0.05) is 6.42 Å². The van der Waals surface area contributed by atoms with E-state index in [9.17, 15) is 9.18 Å². The van der Waals surface area contributed by atoms with Gasteiger partial charge < -0.3 is 9.47 Å². The van der Waals surface area contributed by atoms with Crippen molar-refractivity contribution >= 4 is 5.78 Å². The Labute approximate surface area is 132 Å². The fraction of sp³-hybridized carbons (Fsp3) is 0.375. The summed E-state index contributed by atoms with van der Waals surface area (Å²) < 4.78 is 24.5. The highest BCUT2D eigenvalue weighted by atomic mass is 19.1. The van der Waals surface area contributed by atoms with E-state index in [4.69, 9.17) is 9.47 Å². The first-order chi connectivity index (χ1) is 11.1. The fourth-order valence-corrected chi connectivity index (χ4v) is 2.63. The standard InChI is InChI=1S/C16H16FN3O3/c1-3-22-15-18-14(19-16(20-15)23-4-2)13-9-6-5-7-11(17)10(9)8-12(13)21/h5-7,13H,3-4,8H2,1-2H3. The van der Waals surface area contributed by atoms with Gasteiger partial charge in [0.1, 0.15) is 11.7 Å². The number of rotatable bonds is 5. The number of benzene rings is 1. The van der Waals surface area contributed by atoms with Crippen molar-refractivity contribution in [2.75, 3.05) is 13.2 Å². The summed E-state index contributed by atoms with van der Waals surface area (Å²) in [6.07, 6.45) is 0.0340. The Morgan fingerprint density at radius 3 is 2.39 bits per heavy atom. The number of aromatic nitrogens is 3. The van der Waals surface area contributed by atoms with Crippen LogP contribution in [0.1, 0.15) is 36.7 Å². The quantitative estimate of drug-likeness (QED) is 0.840. The maximum absolute atomic E-state index is 13.9. The zero-order chi connectivity index (χ0) is 16.4. The van der Waals surface area contributed by atoms with Crippen molar-refractivity contribution in [3.63, 3.8) is 0 Å². The minimum absolute atomic E-state index is 0.0340. The van der Waals surface area contributed by atoms with Gasteiger partial charge in [-0.1, -0.05) is 12.1 Å². The molecule has 120 valence electrons. The molecule has 1 aromatic heterocycles. The zero-order valence-electron chi connectivity index (χ0n) is 12.9. The molecule has 0 saturated heterocycles. The van der Waals surface area contributed by atoms with Crippen LogP contribution < -0.4 is 9.47 Å². The summed E-state index contributed by atoms with van der Waals surface area (Å²) >= 11 is 0. The van der Waals surface area contributed by atoms with Crippen LogP contribution in [0.15, 0.2) is 18.2 Å². The summed E-state index contributed by atoms with van der Waals surface area (Å²) in [5, 5.41) is 0. The van der Waals surface area contributed by atoms with E-state index in [-0.39, 0.29) is 35.9 Å². The van der Waals surface area contributed by atoms with E-state index >= 15 is 0 Å². The highest BCUT2D eigenvalue weighted by Crippen LogP contribution is 2.36. The van der Waals surface area contributed by atoms with Gasteiger partial charge in [0.15, 0.2) is 11.6 Å². The smallest absolute Gasteiger partial charge is 0.322 e. The topological polar surface area (TPSA) is 74.2 Å². The summed E-state index contributed by atoms with van der Waals surface area (Å²) in [6, 6.07) is 4.84. The van der Waals surface area contributed by atoms with Crippen LogP contribution in [0, 0.1) is 5.82 Å². The Bertz CT molecular complexity index is 727. The highest BCUT2D eigenvalue weighted by Gasteiger charge is 2.36. The molecule has 7 heteroatoms. The third kappa shape index (κ3) is 2.86. The number of hydrogen-bond acceptors (Lipinski definition) is 6. The summed E-state index contributed by atoms with van der Waals surface area (Å²) in [6.45, 7) is 4.35. The highest BCUT2D eigenvalue weighted by molar-refractivity contribution is 5.94. The summed E-state index contributed by atoms with van der Waals surface area (Å²) in [4.78, 5) is 24.8. The molecule has 23 heavy (non-hydrogen) atoms. The molecule has 0 aliphatic heterocycles. The minimum Gasteiger partial charge on any atom is -0.464 e. The van der Waals surface area contributed by atoms with Gasteiger partial charge in [0.25, 0.3) is 0 Å². The largest absolute Gasteiger partial charge is 0.464 e. The van der Waals surface area contributed by atoms with Crippen molar-refractivity contribution in [2.45, 2.75) is 26.2 Å². The maximum Gasteiger partial charge on any atom is 0.322 e. The van der Waals surface area contributed by atoms with Crippen LogP contribution >= 0.6 is 0 Å². The molecule has 1 heterocycles.